The number of anilines is 1. The van der Waals surface area contributed by atoms with Gasteiger partial charge in [0.05, 0.1) is 17.4 Å². The molecule has 0 fully saturated rings. The molecule has 2 amide bonds. The Bertz CT molecular complexity index is 844. The van der Waals surface area contributed by atoms with Gasteiger partial charge in [-0.15, -0.1) is 11.8 Å². The van der Waals surface area contributed by atoms with Gasteiger partial charge in [0.15, 0.2) is 0 Å². The molecule has 0 unspecified atom stereocenters. The summed E-state index contributed by atoms with van der Waals surface area (Å²) in [6.07, 6.45) is 0.484. The molecular weight excluding hydrogens is 336 g/mol. The average molecular weight is 358 g/mol. The number of rotatable bonds is 3. The van der Waals surface area contributed by atoms with E-state index in [4.69, 9.17) is 0 Å². The van der Waals surface area contributed by atoms with Crippen LogP contribution in [0.25, 0.3) is 0 Å². The summed E-state index contributed by atoms with van der Waals surface area (Å²) in [5, 5.41) is 10.3. The zero-order chi connectivity index (χ0) is 18.1. The molecule has 2 heterocycles. The number of benzene rings is 1. The van der Waals surface area contributed by atoms with E-state index in [0.29, 0.717) is 17.7 Å². The number of fused-ring (bicyclic) bond motifs is 1. The highest BCUT2D eigenvalue weighted by Gasteiger charge is 2.20. The van der Waals surface area contributed by atoms with Crippen molar-refractivity contribution in [1.29, 1.82) is 0 Å². The van der Waals surface area contributed by atoms with Gasteiger partial charge in [-0.25, -0.2) is 0 Å². The first-order valence-electron chi connectivity index (χ1n) is 8.24. The smallest absolute Gasteiger partial charge is 0.251 e. The first-order chi connectivity index (χ1) is 11.9. The molecule has 1 aromatic heterocycles. The molecule has 2 N–H and O–H groups in total. The Hall–Kier alpha value is -2.28. The number of nitrogens with one attached hydrogen (secondary N) is 2. The van der Waals surface area contributed by atoms with Gasteiger partial charge in [-0.3, -0.25) is 14.3 Å². The molecule has 7 heteroatoms. The third-order valence-corrected chi connectivity index (χ3v) is 5.52. The van der Waals surface area contributed by atoms with Crippen LogP contribution in [-0.4, -0.2) is 27.3 Å². The van der Waals surface area contributed by atoms with Crippen LogP contribution in [0.1, 0.15) is 46.7 Å². The number of hydrogen-bond acceptors (Lipinski definition) is 4. The van der Waals surface area contributed by atoms with E-state index >= 15 is 0 Å². The maximum Gasteiger partial charge on any atom is 0.251 e. The van der Waals surface area contributed by atoms with Crippen LogP contribution in [0.2, 0.25) is 0 Å². The van der Waals surface area contributed by atoms with Gasteiger partial charge in [0.2, 0.25) is 5.91 Å². The molecule has 132 valence electrons. The highest BCUT2D eigenvalue weighted by molar-refractivity contribution is 7.99. The maximum atomic E-state index is 12.7. The number of hydrogen-bond donors (Lipinski definition) is 2. The second-order valence-electron chi connectivity index (χ2n) is 6.26. The van der Waals surface area contributed by atoms with Crippen LogP contribution in [0.5, 0.6) is 0 Å². The van der Waals surface area contributed by atoms with Crippen LogP contribution >= 0.6 is 11.8 Å². The van der Waals surface area contributed by atoms with Crippen LogP contribution in [-0.2, 0) is 11.8 Å². The van der Waals surface area contributed by atoms with Crippen LogP contribution < -0.4 is 10.6 Å². The summed E-state index contributed by atoms with van der Waals surface area (Å²) in [5.74, 6) is 0.571. The molecule has 3 rings (SSSR count). The number of carbonyl (C=O) groups excluding carboxylic acids is 2. The van der Waals surface area contributed by atoms with E-state index in [0.717, 1.165) is 27.6 Å². The lowest BCUT2D eigenvalue weighted by Gasteiger charge is -2.16. The van der Waals surface area contributed by atoms with Crippen LogP contribution in [0.15, 0.2) is 23.1 Å². The van der Waals surface area contributed by atoms with Crippen LogP contribution in [0, 0.1) is 13.8 Å². The fourth-order valence-corrected chi connectivity index (χ4v) is 4.07. The molecule has 1 aliphatic heterocycles. The molecule has 0 saturated heterocycles. The molecule has 0 radical (unpaired) electrons. The number of amides is 2. The highest BCUT2D eigenvalue weighted by Crippen LogP contribution is 2.31. The molecule has 2 aromatic rings. The molecule has 0 spiro atoms. The molecule has 25 heavy (non-hydrogen) atoms. The van der Waals surface area contributed by atoms with Gasteiger partial charge in [0.25, 0.3) is 5.91 Å². The summed E-state index contributed by atoms with van der Waals surface area (Å²) in [6, 6.07) is 5.29. The van der Waals surface area contributed by atoms with Crippen LogP contribution in [0.3, 0.4) is 0 Å². The number of carbonyl (C=O) groups is 2. The fourth-order valence-electron chi connectivity index (χ4n) is 3.13. The van der Waals surface area contributed by atoms with Crippen molar-refractivity contribution in [2.75, 3.05) is 11.1 Å². The van der Waals surface area contributed by atoms with Crippen molar-refractivity contribution in [3.05, 3.63) is 40.7 Å². The maximum absolute atomic E-state index is 12.7. The summed E-state index contributed by atoms with van der Waals surface area (Å²) in [6.45, 7) is 5.89. The first-order valence-corrected chi connectivity index (χ1v) is 9.23. The second-order valence-corrected chi connectivity index (χ2v) is 7.40. The van der Waals surface area contributed by atoms with Gasteiger partial charge in [0.1, 0.15) is 0 Å². The van der Waals surface area contributed by atoms with Gasteiger partial charge in [-0.1, -0.05) is 0 Å². The van der Waals surface area contributed by atoms with Crippen molar-refractivity contribution in [3.63, 3.8) is 0 Å². The van der Waals surface area contributed by atoms with Gasteiger partial charge in [0, 0.05) is 40.9 Å². The molecule has 0 aliphatic carbocycles. The molecule has 1 aromatic carbocycles. The quantitative estimate of drug-likeness (QED) is 0.884. The molecular formula is C18H22N4O2S. The van der Waals surface area contributed by atoms with E-state index in [1.807, 2.05) is 38.6 Å². The van der Waals surface area contributed by atoms with Crippen molar-refractivity contribution < 1.29 is 9.59 Å². The Morgan fingerprint density at radius 1 is 1.40 bits per heavy atom. The summed E-state index contributed by atoms with van der Waals surface area (Å²) in [5.41, 5.74) is 4.23. The first kappa shape index (κ1) is 17.5. The minimum atomic E-state index is -0.165. The molecule has 0 saturated carbocycles. The predicted molar refractivity (Wildman–Crippen MR) is 99.0 cm³/mol. The number of nitrogens with zero attached hydrogens (tertiary/aromatic N) is 2. The van der Waals surface area contributed by atoms with E-state index in [1.165, 1.54) is 0 Å². The number of aromatic nitrogens is 2. The van der Waals surface area contributed by atoms with E-state index in [-0.39, 0.29) is 17.9 Å². The van der Waals surface area contributed by atoms with E-state index in [9.17, 15) is 9.59 Å². The van der Waals surface area contributed by atoms with Gasteiger partial charge < -0.3 is 10.6 Å². The lowest BCUT2D eigenvalue weighted by molar-refractivity contribution is -0.115. The number of thioether (sulfide) groups is 1. The van der Waals surface area contributed by atoms with Crippen molar-refractivity contribution in [3.8, 4) is 0 Å². The Kier molecular flexibility index (Phi) is 4.85. The Labute approximate surface area is 151 Å². The van der Waals surface area contributed by atoms with Crippen molar-refractivity contribution in [2.45, 2.75) is 38.1 Å². The lowest BCUT2D eigenvalue weighted by atomic mass is 10.1. The fraction of sp³-hybridized carbons (Fsp3) is 0.389. The van der Waals surface area contributed by atoms with E-state index in [1.54, 1.807) is 23.9 Å². The SMILES string of the molecule is Cc1nn(C)c(C)c1[C@@H](C)NC(=O)c1ccc2c(c1)NC(=O)CCS2. The van der Waals surface area contributed by atoms with Gasteiger partial charge in [-0.2, -0.15) is 5.10 Å². The standard InChI is InChI=1S/C18H22N4O2S/c1-10(17-11(2)21-22(4)12(17)3)19-18(24)13-5-6-15-14(9-13)20-16(23)7-8-25-15/h5-6,9-10H,7-8H2,1-4H3,(H,19,24)(H,20,23)/t10-/m1/s1. The molecule has 1 atom stereocenters. The van der Waals surface area contributed by atoms with E-state index < -0.39 is 0 Å². The topological polar surface area (TPSA) is 76.0 Å². The predicted octanol–water partition coefficient (Wildman–Crippen LogP) is 2.96. The Morgan fingerprint density at radius 2 is 2.16 bits per heavy atom. The Balaban J connectivity index is 1.80. The van der Waals surface area contributed by atoms with Crippen molar-refractivity contribution in [1.82, 2.24) is 15.1 Å². The minimum Gasteiger partial charge on any atom is -0.345 e. The van der Waals surface area contributed by atoms with E-state index in [2.05, 4.69) is 15.7 Å². The minimum absolute atomic E-state index is 0.0150. The highest BCUT2D eigenvalue weighted by atomic mass is 32.2. The monoisotopic (exact) mass is 358 g/mol. The summed E-state index contributed by atoms with van der Waals surface area (Å²) in [4.78, 5) is 25.4. The lowest BCUT2D eigenvalue weighted by Crippen LogP contribution is -2.27. The summed E-state index contributed by atoms with van der Waals surface area (Å²) >= 11 is 1.63. The normalized spacial score (nSPS) is 15.1. The largest absolute Gasteiger partial charge is 0.345 e. The molecule has 1 aliphatic rings. The second kappa shape index (κ2) is 6.92. The van der Waals surface area contributed by atoms with Crippen molar-refractivity contribution in [2.24, 2.45) is 7.05 Å². The zero-order valence-corrected chi connectivity index (χ0v) is 15.7. The van der Waals surface area contributed by atoms with Crippen LogP contribution in [0.4, 0.5) is 5.69 Å². The zero-order valence-electron chi connectivity index (χ0n) is 14.8. The van der Waals surface area contributed by atoms with Gasteiger partial charge in [-0.05, 0) is 39.0 Å². The summed E-state index contributed by atoms with van der Waals surface area (Å²) < 4.78 is 1.82. The average Bonchev–Trinajstić information content (AvgIpc) is 2.71. The number of aryl methyl sites for hydroxylation is 2. The summed E-state index contributed by atoms with van der Waals surface area (Å²) in [7, 11) is 1.90. The molecule has 0 bridgehead atoms. The third kappa shape index (κ3) is 3.56. The Morgan fingerprint density at radius 3 is 2.84 bits per heavy atom. The van der Waals surface area contributed by atoms with Gasteiger partial charge >= 0.3 is 0 Å². The third-order valence-electron chi connectivity index (χ3n) is 4.45. The van der Waals surface area contributed by atoms with Crippen molar-refractivity contribution >= 4 is 29.3 Å². The molecule has 6 nitrogen and oxygen atoms in total.